The summed E-state index contributed by atoms with van der Waals surface area (Å²) in [6.07, 6.45) is 13.4. The molecule has 1 aromatic carbocycles. The summed E-state index contributed by atoms with van der Waals surface area (Å²) in [6, 6.07) is 3.89. The highest BCUT2D eigenvalue weighted by Gasteiger charge is 2.07. The second-order valence-corrected chi connectivity index (χ2v) is 7.66. The Morgan fingerprint density at radius 1 is 0.739 bits per heavy atom. The zero-order chi connectivity index (χ0) is 16.9. The van der Waals surface area contributed by atoms with Crippen LogP contribution in [0.1, 0.15) is 71.1 Å². The summed E-state index contributed by atoms with van der Waals surface area (Å²) in [4.78, 5) is 0. The van der Waals surface area contributed by atoms with Crippen LogP contribution in [0.15, 0.2) is 21.1 Å². The van der Waals surface area contributed by atoms with Crippen molar-refractivity contribution in [1.29, 1.82) is 0 Å². The Hall–Kier alpha value is -0.220. The topological polar surface area (TPSA) is 18.5 Å². The van der Waals surface area contributed by atoms with E-state index in [4.69, 9.17) is 9.47 Å². The van der Waals surface area contributed by atoms with Crippen LogP contribution in [0.25, 0.3) is 0 Å². The molecule has 0 spiro atoms. The molecule has 0 fully saturated rings. The zero-order valence-electron chi connectivity index (χ0n) is 14.5. The summed E-state index contributed by atoms with van der Waals surface area (Å²) in [5, 5.41) is 0. The normalized spacial score (nSPS) is 10.8. The minimum atomic E-state index is 0.772. The van der Waals surface area contributed by atoms with E-state index in [2.05, 4.69) is 38.8 Å². The molecule has 0 atom stereocenters. The average molecular weight is 450 g/mol. The molecule has 0 bridgehead atoms. The van der Waals surface area contributed by atoms with Gasteiger partial charge in [-0.05, 0) is 50.4 Å². The molecule has 2 nitrogen and oxygen atoms in total. The van der Waals surface area contributed by atoms with Crippen molar-refractivity contribution in [2.24, 2.45) is 0 Å². The van der Waals surface area contributed by atoms with Crippen molar-refractivity contribution >= 4 is 31.9 Å². The van der Waals surface area contributed by atoms with Crippen molar-refractivity contribution in [3.05, 3.63) is 21.1 Å². The fourth-order valence-corrected chi connectivity index (χ4v) is 3.47. The molecular formula is C19H30Br2O2. The third-order valence-electron chi connectivity index (χ3n) is 3.96. The third kappa shape index (κ3) is 8.99. The van der Waals surface area contributed by atoms with Gasteiger partial charge in [-0.15, -0.1) is 0 Å². The molecule has 132 valence electrons. The number of halogens is 2. The molecule has 0 N–H and O–H groups in total. The number of hydrogen-bond donors (Lipinski definition) is 0. The minimum Gasteiger partial charge on any atom is -0.496 e. The summed E-state index contributed by atoms with van der Waals surface area (Å²) in [6.45, 7) is 3.04. The predicted octanol–water partition coefficient (Wildman–Crippen LogP) is 7.52. The fourth-order valence-electron chi connectivity index (χ4n) is 2.55. The Bertz CT molecular complexity index is 436. The van der Waals surface area contributed by atoms with Crippen LogP contribution in [-0.2, 0) is 0 Å². The van der Waals surface area contributed by atoms with E-state index in [1.807, 2.05) is 12.1 Å². The predicted molar refractivity (Wildman–Crippen MR) is 106 cm³/mol. The lowest BCUT2D eigenvalue weighted by molar-refractivity contribution is 0.301. The van der Waals surface area contributed by atoms with Crippen LogP contribution in [-0.4, -0.2) is 13.7 Å². The van der Waals surface area contributed by atoms with Gasteiger partial charge in [-0.25, -0.2) is 0 Å². The molecule has 1 aromatic rings. The van der Waals surface area contributed by atoms with E-state index in [1.165, 1.54) is 57.8 Å². The summed E-state index contributed by atoms with van der Waals surface area (Å²) in [5.41, 5.74) is 0. The van der Waals surface area contributed by atoms with Crippen LogP contribution >= 0.6 is 31.9 Å². The van der Waals surface area contributed by atoms with E-state index in [-0.39, 0.29) is 0 Å². The minimum absolute atomic E-state index is 0.772. The van der Waals surface area contributed by atoms with Crippen LogP contribution in [0.3, 0.4) is 0 Å². The maximum Gasteiger partial charge on any atom is 0.134 e. The summed E-state index contributed by atoms with van der Waals surface area (Å²) in [7, 11) is 1.66. The van der Waals surface area contributed by atoms with Crippen LogP contribution in [0.4, 0.5) is 0 Å². The molecule has 0 saturated heterocycles. The van der Waals surface area contributed by atoms with Gasteiger partial charge < -0.3 is 9.47 Å². The number of rotatable bonds is 13. The van der Waals surface area contributed by atoms with E-state index in [1.54, 1.807) is 7.11 Å². The van der Waals surface area contributed by atoms with E-state index in [0.29, 0.717) is 0 Å². The highest BCUT2D eigenvalue weighted by atomic mass is 79.9. The zero-order valence-corrected chi connectivity index (χ0v) is 17.7. The van der Waals surface area contributed by atoms with Crippen molar-refractivity contribution < 1.29 is 9.47 Å². The molecule has 0 heterocycles. The van der Waals surface area contributed by atoms with Gasteiger partial charge in [0.05, 0.1) is 22.7 Å². The largest absolute Gasteiger partial charge is 0.496 e. The first-order chi connectivity index (χ1) is 11.2. The molecule has 0 saturated carbocycles. The molecule has 0 aromatic heterocycles. The Labute approximate surface area is 158 Å². The Kier molecular flexibility index (Phi) is 11.9. The summed E-state index contributed by atoms with van der Waals surface area (Å²) in [5.74, 6) is 1.68. The van der Waals surface area contributed by atoms with Gasteiger partial charge in [-0.3, -0.25) is 0 Å². The molecule has 0 unspecified atom stereocenters. The lowest BCUT2D eigenvalue weighted by atomic mass is 10.1. The van der Waals surface area contributed by atoms with Gasteiger partial charge in [0.25, 0.3) is 0 Å². The third-order valence-corrected chi connectivity index (χ3v) is 5.20. The van der Waals surface area contributed by atoms with E-state index in [9.17, 15) is 0 Å². The van der Waals surface area contributed by atoms with Crippen molar-refractivity contribution in [1.82, 2.24) is 0 Å². The molecule has 0 aliphatic heterocycles. The Morgan fingerprint density at radius 2 is 1.22 bits per heavy atom. The van der Waals surface area contributed by atoms with E-state index < -0.39 is 0 Å². The van der Waals surface area contributed by atoms with E-state index in [0.717, 1.165) is 33.5 Å². The molecular weight excluding hydrogens is 420 g/mol. The maximum atomic E-state index is 5.86. The number of ether oxygens (including phenoxy) is 2. The van der Waals surface area contributed by atoms with Gasteiger partial charge >= 0.3 is 0 Å². The summed E-state index contributed by atoms with van der Waals surface area (Å²) < 4.78 is 13.0. The van der Waals surface area contributed by atoms with E-state index >= 15 is 0 Å². The van der Waals surface area contributed by atoms with Crippen LogP contribution in [0.2, 0.25) is 0 Å². The number of hydrogen-bond acceptors (Lipinski definition) is 2. The maximum absolute atomic E-state index is 5.86. The highest BCUT2D eigenvalue weighted by Crippen LogP contribution is 2.36. The molecule has 4 heteroatoms. The number of unbranched alkanes of at least 4 members (excludes halogenated alkanes) is 9. The number of methoxy groups -OCH3 is 1. The first-order valence-corrected chi connectivity index (χ1v) is 10.4. The molecule has 0 radical (unpaired) electrons. The van der Waals surface area contributed by atoms with Gasteiger partial charge in [0.1, 0.15) is 11.5 Å². The molecule has 0 amide bonds. The quantitative estimate of drug-likeness (QED) is 0.290. The van der Waals surface area contributed by atoms with Gasteiger partial charge in [-0.2, -0.15) is 0 Å². The van der Waals surface area contributed by atoms with Gasteiger partial charge in [-0.1, -0.05) is 64.7 Å². The van der Waals surface area contributed by atoms with Crippen molar-refractivity contribution in [3.8, 4) is 11.5 Å². The second-order valence-electron chi connectivity index (χ2n) is 5.95. The smallest absolute Gasteiger partial charge is 0.134 e. The lowest BCUT2D eigenvalue weighted by Gasteiger charge is -2.11. The van der Waals surface area contributed by atoms with Crippen molar-refractivity contribution in [2.75, 3.05) is 13.7 Å². The molecule has 0 aliphatic carbocycles. The number of benzene rings is 1. The highest BCUT2D eigenvalue weighted by molar-refractivity contribution is 9.11. The molecule has 0 aliphatic rings. The second kappa shape index (κ2) is 13.1. The van der Waals surface area contributed by atoms with Crippen LogP contribution < -0.4 is 9.47 Å². The lowest BCUT2D eigenvalue weighted by Crippen LogP contribution is -1.98. The average Bonchev–Trinajstić information content (AvgIpc) is 2.55. The summed E-state index contributed by atoms with van der Waals surface area (Å²) >= 11 is 7.01. The van der Waals surface area contributed by atoms with Crippen LogP contribution in [0.5, 0.6) is 11.5 Å². The van der Waals surface area contributed by atoms with Crippen molar-refractivity contribution in [2.45, 2.75) is 71.1 Å². The van der Waals surface area contributed by atoms with Crippen molar-refractivity contribution in [3.63, 3.8) is 0 Å². The van der Waals surface area contributed by atoms with Gasteiger partial charge in [0.2, 0.25) is 0 Å². The van der Waals surface area contributed by atoms with Gasteiger partial charge in [0.15, 0.2) is 0 Å². The first-order valence-electron chi connectivity index (χ1n) is 8.84. The SMILES string of the molecule is CCCCCCCCCCCCOc1cc(Br)c(OC)cc1Br. The van der Waals surface area contributed by atoms with Crippen LogP contribution in [0, 0.1) is 0 Å². The standard InChI is InChI=1S/C19H30Br2O2/c1-3-4-5-6-7-8-9-10-11-12-13-23-19-15-16(20)18(22-2)14-17(19)21/h14-15H,3-13H2,1-2H3. The monoisotopic (exact) mass is 448 g/mol. The Morgan fingerprint density at radius 3 is 1.78 bits per heavy atom. The molecule has 23 heavy (non-hydrogen) atoms. The molecule has 1 rings (SSSR count). The first kappa shape index (κ1) is 20.8. The fraction of sp³-hybridized carbons (Fsp3) is 0.684. The van der Waals surface area contributed by atoms with Gasteiger partial charge in [0, 0.05) is 0 Å². The Balaban J connectivity index is 2.06.